The van der Waals surface area contributed by atoms with Crippen molar-refractivity contribution in [2.45, 2.75) is 6.04 Å². The summed E-state index contributed by atoms with van der Waals surface area (Å²) in [6.45, 7) is 0. The lowest BCUT2D eigenvalue weighted by Gasteiger charge is -2.23. The van der Waals surface area contributed by atoms with Crippen LogP contribution < -0.4 is 5.06 Å². The van der Waals surface area contributed by atoms with Crippen LogP contribution in [-0.4, -0.2) is 5.21 Å². The zero-order valence-electron chi connectivity index (χ0n) is 11.3. The minimum Gasteiger partial charge on any atom is -0.287 e. The van der Waals surface area contributed by atoms with Gasteiger partial charge in [0.1, 0.15) is 0 Å². The molecule has 3 nitrogen and oxygen atoms in total. The fraction of sp³-hybridized carbons (Fsp3) is 0.0556. The summed E-state index contributed by atoms with van der Waals surface area (Å²) in [7, 11) is 0. The normalized spacial score (nSPS) is 11.8. The summed E-state index contributed by atoms with van der Waals surface area (Å²) in [4.78, 5) is 0. The van der Waals surface area contributed by atoms with Crippen molar-refractivity contribution in [3.05, 3.63) is 78.4 Å². The van der Waals surface area contributed by atoms with Crippen LogP contribution in [0.15, 0.2) is 72.8 Å². The Balaban J connectivity index is 2.09. The third kappa shape index (κ3) is 2.45. The van der Waals surface area contributed by atoms with Gasteiger partial charge >= 0.3 is 0 Å². The molecule has 0 amide bonds. The maximum absolute atomic E-state index is 10.4. The molecule has 0 fully saturated rings. The van der Waals surface area contributed by atoms with E-state index in [0.29, 0.717) is 5.69 Å². The summed E-state index contributed by atoms with van der Waals surface area (Å²) in [5.74, 6) is 0. The molecule has 1 atom stereocenters. The lowest BCUT2D eigenvalue weighted by atomic mass is 9.99. The topological polar surface area (TPSA) is 47.3 Å². The quantitative estimate of drug-likeness (QED) is 0.724. The van der Waals surface area contributed by atoms with Crippen LogP contribution in [0.25, 0.3) is 10.8 Å². The summed E-state index contributed by atoms with van der Waals surface area (Å²) in [6, 6.07) is 24.1. The number of benzene rings is 3. The van der Waals surface area contributed by atoms with Gasteiger partial charge in [-0.1, -0.05) is 60.7 Å². The summed E-state index contributed by atoms with van der Waals surface area (Å²) in [5.41, 5.74) is 1.39. The van der Waals surface area contributed by atoms with Gasteiger partial charge < -0.3 is 0 Å². The van der Waals surface area contributed by atoms with E-state index < -0.39 is 6.04 Å². The first-order chi connectivity index (χ1) is 10.3. The Labute approximate surface area is 123 Å². The lowest BCUT2D eigenvalue weighted by molar-refractivity contribution is 0.236. The van der Waals surface area contributed by atoms with Crippen molar-refractivity contribution >= 4 is 16.5 Å². The molecule has 3 rings (SSSR count). The first kappa shape index (κ1) is 13.2. The molecule has 0 aliphatic rings. The van der Waals surface area contributed by atoms with Gasteiger partial charge in [0.05, 0.1) is 11.8 Å². The molecule has 0 spiro atoms. The monoisotopic (exact) mass is 274 g/mol. The molecular formula is C18H14N2O. The molecular weight excluding hydrogens is 260 g/mol. The largest absolute Gasteiger partial charge is 0.287 e. The van der Waals surface area contributed by atoms with E-state index in [1.165, 1.54) is 0 Å². The second-order valence-electron chi connectivity index (χ2n) is 4.78. The van der Waals surface area contributed by atoms with Crippen LogP contribution in [0, 0.1) is 11.3 Å². The predicted octanol–water partition coefficient (Wildman–Crippen LogP) is 4.30. The standard InChI is InChI=1S/C18H14N2O/c19-13-18(20(21)15-9-2-1-3-10-15)17-12-6-8-14-7-4-5-11-16(14)17/h1-12,18,21H. The molecule has 21 heavy (non-hydrogen) atoms. The van der Waals surface area contributed by atoms with Gasteiger partial charge in [0, 0.05) is 0 Å². The van der Waals surface area contributed by atoms with Crippen LogP contribution in [0.1, 0.15) is 11.6 Å². The van der Waals surface area contributed by atoms with Crippen LogP contribution >= 0.6 is 0 Å². The maximum atomic E-state index is 10.4. The Bertz CT molecular complexity index is 788. The van der Waals surface area contributed by atoms with Gasteiger partial charge in [-0.25, -0.2) is 5.06 Å². The molecule has 0 aromatic heterocycles. The van der Waals surface area contributed by atoms with Crippen LogP contribution in [0.5, 0.6) is 0 Å². The maximum Gasteiger partial charge on any atom is 0.168 e. The van der Waals surface area contributed by atoms with Crippen molar-refractivity contribution in [3.8, 4) is 6.07 Å². The summed E-state index contributed by atoms with van der Waals surface area (Å²) in [5, 5.41) is 23.0. The number of rotatable bonds is 3. The highest BCUT2D eigenvalue weighted by Crippen LogP contribution is 2.30. The Hall–Kier alpha value is -2.83. The Morgan fingerprint density at radius 2 is 1.52 bits per heavy atom. The van der Waals surface area contributed by atoms with E-state index in [9.17, 15) is 10.5 Å². The predicted molar refractivity (Wildman–Crippen MR) is 83.0 cm³/mol. The molecule has 0 saturated carbocycles. The highest BCUT2D eigenvalue weighted by Gasteiger charge is 2.20. The number of hydrogen-bond donors (Lipinski definition) is 1. The van der Waals surface area contributed by atoms with E-state index in [2.05, 4.69) is 6.07 Å². The third-order valence-electron chi connectivity index (χ3n) is 3.51. The van der Waals surface area contributed by atoms with Crippen LogP contribution in [0.2, 0.25) is 0 Å². The molecule has 0 aliphatic carbocycles. The van der Waals surface area contributed by atoms with Gasteiger partial charge in [-0.15, -0.1) is 0 Å². The Morgan fingerprint density at radius 1 is 0.857 bits per heavy atom. The molecule has 0 radical (unpaired) electrons. The fourth-order valence-electron chi connectivity index (χ4n) is 2.47. The van der Waals surface area contributed by atoms with Crippen molar-refractivity contribution in [2.75, 3.05) is 5.06 Å². The molecule has 0 bridgehead atoms. The van der Waals surface area contributed by atoms with E-state index in [0.717, 1.165) is 21.4 Å². The highest BCUT2D eigenvalue weighted by atomic mass is 16.5. The Kier molecular flexibility index (Phi) is 3.55. The van der Waals surface area contributed by atoms with E-state index in [4.69, 9.17) is 0 Å². The fourth-order valence-corrected chi connectivity index (χ4v) is 2.47. The minimum atomic E-state index is -0.751. The number of hydrogen-bond acceptors (Lipinski definition) is 3. The Morgan fingerprint density at radius 3 is 2.29 bits per heavy atom. The van der Waals surface area contributed by atoms with Gasteiger partial charge in [-0.3, -0.25) is 5.21 Å². The minimum absolute atomic E-state index is 0.594. The lowest BCUT2D eigenvalue weighted by Crippen LogP contribution is -2.23. The number of anilines is 1. The molecule has 1 N–H and O–H groups in total. The molecule has 3 aromatic carbocycles. The summed E-state index contributed by atoms with van der Waals surface area (Å²) in [6.07, 6.45) is 0. The average Bonchev–Trinajstić information content (AvgIpc) is 2.56. The van der Waals surface area contributed by atoms with Crippen molar-refractivity contribution in [3.63, 3.8) is 0 Å². The van der Waals surface area contributed by atoms with Crippen LogP contribution in [-0.2, 0) is 0 Å². The van der Waals surface area contributed by atoms with Crippen molar-refractivity contribution in [1.82, 2.24) is 0 Å². The average molecular weight is 274 g/mol. The number of nitriles is 1. The second-order valence-corrected chi connectivity index (χ2v) is 4.78. The molecule has 102 valence electrons. The molecule has 1 unspecified atom stereocenters. The van der Waals surface area contributed by atoms with E-state index in [-0.39, 0.29) is 0 Å². The van der Waals surface area contributed by atoms with Gasteiger partial charge in [0.25, 0.3) is 0 Å². The number of fused-ring (bicyclic) bond motifs is 1. The number of nitrogens with zero attached hydrogens (tertiary/aromatic N) is 2. The van der Waals surface area contributed by atoms with Crippen molar-refractivity contribution in [2.24, 2.45) is 0 Å². The van der Waals surface area contributed by atoms with Gasteiger partial charge in [0.2, 0.25) is 0 Å². The van der Waals surface area contributed by atoms with Gasteiger partial charge in [-0.2, -0.15) is 5.26 Å². The van der Waals surface area contributed by atoms with Crippen molar-refractivity contribution < 1.29 is 5.21 Å². The highest BCUT2D eigenvalue weighted by molar-refractivity contribution is 5.86. The first-order valence-corrected chi connectivity index (χ1v) is 6.71. The smallest absolute Gasteiger partial charge is 0.168 e. The second kappa shape index (κ2) is 5.66. The molecule has 3 aromatic rings. The van der Waals surface area contributed by atoms with E-state index in [1.807, 2.05) is 60.7 Å². The van der Waals surface area contributed by atoms with Crippen LogP contribution in [0.4, 0.5) is 5.69 Å². The summed E-state index contributed by atoms with van der Waals surface area (Å²) >= 11 is 0. The van der Waals surface area contributed by atoms with E-state index in [1.54, 1.807) is 12.1 Å². The van der Waals surface area contributed by atoms with Gasteiger partial charge in [0.15, 0.2) is 6.04 Å². The molecule has 3 heteroatoms. The summed E-state index contributed by atoms with van der Waals surface area (Å²) < 4.78 is 0. The third-order valence-corrected chi connectivity index (χ3v) is 3.51. The zero-order valence-corrected chi connectivity index (χ0v) is 11.3. The van der Waals surface area contributed by atoms with Gasteiger partial charge in [-0.05, 0) is 28.5 Å². The molecule has 0 heterocycles. The molecule has 0 aliphatic heterocycles. The number of hydroxylamine groups is 1. The van der Waals surface area contributed by atoms with E-state index >= 15 is 0 Å². The van der Waals surface area contributed by atoms with Crippen LogP contribution in [0.3, 0.4) is 0 Å². The SMILES string of the molecule is N#CC(c1cccc2ccccc12)N(O)c1ccccc1. The number of para-hydroxylation sites is 1. The first-order valence-electron chi connectivity index (χ1n) is 6.71. The molecule has 0 saturated heterocycles. The van der Waals surface area contributed by atoms with Crippen molar-refractivity contribution in [1.29, 1.82) is 5.26 Å². The zero-order chi connectivity index (χ0) is 14.7.